The van der Waals surface area contributed by atoms with Crippen molar-refractivity contribution >= 4 is 21.6 Å². The number of carbonyl (C=O) groups is 1. The van der Waals surface area contributed by atoms with Crippen LogP contribution in [0, 0.1) is 0 Å². The molecule has 0 heterocycles. The molecule has 2 aromatic rings. The maximum Gasteiger partial charge on any atom is 0.243 e. The zero-order valence-corrected chi connectivity index (χ0v) is 18.1. The van der Waals surface area contributed by atoms with E-state index in [1.165, 1.54) is 4.31 Å². The molecule has 0 saturated carbocycles. The van der Waals surface area contributed by atoms with Gasteiger partial charge in [-0.05, 0) is 49.9 Å². The van der Waals surface area contributed by atoms with E-state index in [1.54, 1.807) is 24.3 Å². The third kappa shape index (κ3) is 6.49. The number of aryl methyl sites for hydroxylation is 1. The van der Waals surface area contributed by atoms with Crippen LogP contribution >= 0.6 is 0 Å². The Balaban J connectivity index is 2.01. The summed E-state index contributed by atoms with van der Waals surface area (Å²) in [4.78, 5) is 12.8. The second kappa shape index (κ2) is 10.9. The molecule has 0 unspecified atom stereocenters. The fraction of sp³-hybridized carbons (Fsp3) is 0.409. The van der Waals surface area contributed by atoms with E-state index in [9.17, 15) is 13.2 Å². The minimum Gasteiger partial charge on any atom is -0.494 e. The van der Waals surface area contributed by atoms with Crippen LogP contribution in [-0.4, -0.2) is 39.8 Å². The highest BCUT2D eigenvalue weighted by molar-refractivity contribution is 7.92. The number of benzene rings is 2. The van der Waals surface area contributed by atoms with Crippen molar-refractivity contribution in [3.63, 3.8) is 0 Å². The van der Waals surface area contributed by atoms with Gasteiger partial charge >= 0.3 is 0 Å². The van der Waals surface area contributed by atoms with Crippen LogP contribution in [0.3, 0.4) is 0 Å². The summed E-state index contributed by atoms with van der Waals surface area (Å²) in [6, 6.07) is 15.8. The third-order valence-electron chi connectivity index (χ3n) is 4.53. The average Bonchev–Trinajstić information content (AvgIpc) is 2.70. The van der Waals surface area contributed by atoms with Gasteiger partial charge in [0.1, 0.15) is 11.8 Å². The van der Waals surface area contributed by atoms with Crippen molar-refractivity contribution in [2.45, 2.75) is 39.2 Å². The standard InChI is InChI=1S/C22H30N2O4S/c1-4-20(24(29(3,26)27)19-14-7-6-8-15-19)22(25)23-17-11-13-18-12-9-10-16-21(18)28-5-2/h6-10,12,14-16,20H,4-5,11,13,17H2,1-3H3,(H,23,25)/t20-/m1/s1. The zero-order valence-electron chi connectivity index (χ0n) is 17.3. The van der Waals surface area contributed by atoms with Gasteiger partial charge in [0.2, 0.25) is 15.9 Å². The van der Waals surface area contributed by atoms with Gasteiger partial charge in [-0.2, -0.15) is 0 Å². The van der Waals surface area contributed by atoms with Crippen LogP contribution in [0.4, 0.5) is 5.69 Å². The van der Waals surface area contributed by atoms with Crippen LogP contribution in [0.1, 0.15) is 32.3 Å². The fourth-order valence-corrected chi connectivity index (χ4v) is 4.46. The topological polar surface area (TPSA) is 75.7 Å². The molecule has 0 aliphatic carbocycles. The van der Waals surface area contributed by atoms with Gasteiger partial charge in [0.05, 0.1) is 18.6 Å². The minimum atomic E-state index is -3.60. The number of sulfonamides is 1. The Morgan fingerprint density at radius 1 is 1.07 bits per heavy atom. The number of anilines is 1. The summed E-state index contributed by atoms with van der Waals surface area (Å²) in [6.07, 6.45) is 3.00. The van der Waals surface area contributed by atoms with Crippen LogP contribution in [0.2, 0.25) is 0 Å². The Hall–Kier alpha value is -2.54. The molecule has 158 valence electrons. The number of carbonyl (C=O) groups excluding carboxylic acids is 1. The SMILES string of the molecule is CCOc1ccccc1CCCNC(=O)[C@@H](CC)N(c1ccccc1)S(C)(=O)=O. The second-order valence-corrected chi connectivity index (χ2v) is 8.61. The predicted molar refractivity (Wildman–Crippen MR) is 117 cm³/mol. The Kier molecular flexibility index (Phi) is 8.51. The van der Waals surface area contributed by atoms with Crippen molar-refractivity contribution in [1.82, 2.24) is 5.32 Å². The van der Waals surface area contributed by atoms with Gasteiger partial charge in [0, 0.05) is 6.54 Å². The van der Waals surface area contributed by atoms with Crippen LogP contribution < -0.4 is 14.4 Å². The quantitative estimate of drug-likeness (QED) is 0.568. The van der Waals surface area contributed by atoms with Crippen LogP contribution in [-0.2, 0) is 21.2 Å². The summed E-state index contributed by atoms with van der Waals surface area (Å²) >= 11 is 0. The van der Waals surface area contributed by atoms with Crippen molar-refractivity contribution in [1.29, 1.82) is 0 Å². The molecule has 29 heavy (non-hydrogen) atoms. The van der Waals surface area contributed by atoms with Gasteiger partial charge < -0.3 is 10.1 Å². The summed E-state index contributed by atoms with van der Waals surface area (Å²) in [5.41, 5.74) is 1.58. The first kappa shape index (κ1) is 22.7. The summed E-state index contributed by atoms with van der Waals surface area (Å²) < 4.78 is 31.6. The van der Waals surface area contributed by atoms with Crippen LogP contribution in [0.5, 0.6) is 5.75 Å². The van der Waals surface area contributed by atoms with E-state index in [2.05, 4.69) is 5.32 Å². The van der Waals surface area contributed by atoms with Crippen molar-refractivity contribution in [3.05, 3.63) is 60.2 Å². The van der Waals surface area contributed by atoms with Crippen molar-refractivity contribution < 1.29 is 17.9 Å². The molecule has 0 saturated heterocycles. The lowest BCUT2D eigenvalue weighted by atomic mass is 10.1. The number of para-hydroxylation sites is 2. The van der Waals surface area contributed by atoms with Gasteiger partial charge in [0.15, 0.2) is 0 Å². The summed E-state index contributed by atoms with van der Waals surface area (Å²) in [7, 11) is -3.60. The zero-order chi connectivity index (χ0) is 21.3. The molecular weight excluding hydrogens is 388 g/mol. The van der Waals surface area contributed by atoms with Gasteiger partial charge in [-0.1, -0.05) is 43.3 Å². The molecule has 1 N–H and O–H groups in total. The highest BCUT2D eigenvalue weighted by Gasteiger charge is 2.31. The average molecular weight is 419 g/mol. The summed E-state index contributed by atoms with van der Waals surface area (Å²) in [6.45, 7) is 4.82. The Labute approximate surface area is 173 Å². The third-order valence-corrected chi connectivity index (χ3v) is 5.71. The monoisotopic (exact) mass is 418 g/mol. The van der Waals surface area contributed by atoms with E-state index < -0.39 is 16.1 Å². The van der Waals surface area contributed by atoms with E-state index in [0.717, 1.165) is 30.4 Å². The predicted octanol–water partition coefficient (Wildman–Crippen LogP) is 3.38. The normalized spacial score (nSPS) is 12.2. The number of rotatable bonds is 11. The first-order chi connectivity index (χ1) is 13.9. The van der Waals surface area contributed by atoms with E-state index in [0.29, 0.717) is 25.3 Å². The number of amides is 1. The van der Waals surface area contributed by atoms with Crippen LogP contribution in [0.25, 0.3) is 0 Å². The molecule has 0 bridgehead atoms. The van der Waals surface area contributed by atoms with Crippen molar-refractivity contribution in [2.24, 2.45) is 0 Å². The Morgan fingerprint density at radius 3 is 2.34 bits per heavy atom. The molecule has 6 nitrogen and oxygen atoms in total. The van der Waals surface area contributed by atoms with E-state index >= 15 is 0 Å². The molecular formula is C22H30N2O4S. The maximum atomic E-state index is 12.8. The highest BCUT2D eigenvalue weighted by atomic mass is 32.2. The van der Waals surface area contributed by atoms with Crippen molar-refractivity contribution in [2.75, 3.05) is 23.7 Å². The molecule has 0 aliphatic heterocycles. The summed E-state index contributed by atoms with van der Waals surface area (Å²) in [5, 5.41) is 2.89. The lowest BCUT2D eigenvalue weighted by molar-refractivity contribution is -0.122. The molecule has 0 aliphatic rings. The maximum absolute atomic E-state index is 12.8. The van der Waals surface area contributed by atoms with Crippen LogP contribution in [0.15, 0.2) is 54.6 Å². The minimum absolute atomic E-state index is 0.292. The van der Waals surface area contributed by atoms with E-state index in [-0.39, 0.29) is 5.91 Å². The van der Waals surface area contributed by atoms with Gasteiger partial charge in [-0.15, -0.1) is 0 Å². The molecule has 0 spiro atoms. The molecule has 2 aromatic carbocycles. The van der Waals surface area contributed by atoms with Gasteiger partial charge in [0.25, 0.3) is 0 Å². The second-order valence-electron chi connectivity index (χ2n) is 6.75. The van der Waals surface area contributed by atoms with Crippen molar-refractivity contribution in [3.8, 4) is 5.75 Å². The van der Waals surface area contributed by atoms with E-state index in [1.807, 2.05) is 44.2 Å². The molecule has 7 heteroatoms. The molecule has 0 aromatic heterocycles. The molecule has 0 fully saturated rings. The highest BCUT2D eigenvalue weighted by Crippen LogP contribution is 2.22. The number of ether oxygens (including phenoxy) is 1. The number of nitrogens with zero attached hydrogens (tertiary/aromatic N) is 1. The largest absolute Gasteiger partial charge is 0.494 e. The molecule has 2 rings (SSSR count). The fourth-order valence-electron chi connectivity index (χ4n) is 3.25. The molecule has 0 radical (unpaired) electrons. The molecule has 1 amide bonds. The number of nitrogens with one attached hydrogen (secondary N) is 1. The van der Waals surface area contributed by atoms with E-state index in [4.69, 9.17) is 4.74 Å². The molecule has 1 atom stereocenters. The first-order valence-corrected chi connectivity index (χ1v) is 11.8. The van der Waals surface area contributed by atoms with Gasteiger partial charge in [-0.3, -0.25) is 9.10 Å². The smallest absolute Gasteiger partial charge is 0.243 e. The lowest BCUT2D eigenvalue weighted by Gasteiger charge is -2.30. The Morgan fingerprint density at radius 2 is 1.72 bits per heavy atom. The number of hydrogen-bond donors (Lipinski definition) is 1. The lowest BCUT2D eigenvalue weighted by Crippen LogP contribution is -2.49. The van der Waals surface area contributed by atoms with Gasteiger partial charge in [-0.25, -0.2) is 8.42 Å². The first-order valence-electron chi connectivity index (χ1n) is 9.91. The Bertz CT molecular complexity index is 885. The summed E-state index contributed by atoms with van der Waals surface area (Å²) in [5.74, 6) is 0.569. The number of hydrogen-bond acceptors (Lipinski definition) is 4.